The molecule has 1 aliphatic carbocycles. The Bertz CT molecular complexity index is 624. The summed E-state index contributed by atoms with van der Waals surface area (Å²) in [6, 6.07) is 3.25. The minimum Gasteiger partial charge on any atom is -0.492 e. The van der Waals surface area contributed by atoms with Gasteiger partial charge in [-0.05, 0) is 56.2 Å². The number of nitrogens with two attached hydrogens (primary N) is 1. The molecule has 0 amide bonds. The van der Waals surface area contributed by atoms with Crippen LogP contribution >= 0.6 is 0 Å². The predicted octanol–water partition coefficient (Wildman–Crippen LogP) is 1.67. The molecule has 1 heterocycles. The van der Waals surface area contributed by atoms with Crippen molar-refractivity contribution in [2.45, 2.75) is 43.5 Å². The van der Waals surface area contributed by atoms with Crippen LogP contribution in [0.15, 0.2) is 17.0 Å². The molecule has 1 aliphatic heterocycles. The summed E-state index contributed by atoms with van der Waals surface area (Å²) in [5.41, 5.74) is 7.19. The molecule has 1 saturated carbocycles. The van der Waals surface area contributed by atoms with Crippen molar-refractivity contribution in [1.82, 2.24) is 4.72 Å². The summed E-state index contributed by atoms with van der Waals surface area (Å²) in [5, 5.41) is 0. The Morgan fingerprint density at radius 3 is 2.85 bits per heavy atom. The van der Waals surface area contributed by atoms with E-state index in [1.807, 2.05) is 6.92 Å². The molecular weight excluding hydrogens is 276 g/mol. The quantitative estimate of drug-likeness (QED) is 0.828. The van der Waals surface area contributed by atoms with Gasteiger partial charge in [-0.1, -0.05) is 0 Å². The standard InChI is InChI=1S/C14H20N2O3S/c1-9(10-4-5-10)16-20(17,18)13-8-12(15)7-11-3-2-6-19-14(11)13/h7-10,16H,2-6,15H2,1H3. The van der Waals surface area contributed by atoms with Gasteiger partial charge in [0.25, 0.3) is 0 Å². The number of aryl methyl sites for hydroxylation is 1. The monoisotopic (exact) mass is 296 g/mol. The first-order valence-electron chi connectivity index (χ1n) is 7.05. The third-order valence-electron chi connectivity index (χ3n) is 3.95. The van der Waals surface area contributed by atoms with Gasteiger partial charge in [0, 0.05) is 11.7 Å². The van der Waals surface area contributed by atoms with Gasteiger partial charge in [-0.25, -0.2) is 13.1 Å². The Hall–Kier alpha value is -1.27. The van der Waals surface area contributed by atoms with E-state index in [9.17, 15) is 8.42 Å². The van der Waals surface area contributed by atoms with Gasteiger partial charge < -0.3 is 10.5 Å². The molecule has 0 saturated heterocycles. The van der Waals surface area contributed by atoms with Crippen LogP contribution in [0, 0.1) is 5.92 Å². The molecule has 1 unspecified atom stereocenters. The Morgan fingerprint density at radius 1 is 1.40 bits per heavy atom. The zero-order valence-electron chi connectivity index (χ0n) is 11.6. The molecule has 1 fully saturated rings. The van der Waals surface area contributed by atoms with E-state index in [2.05, 4.69) is 4.72 Å². The molecular formula is C14H20N2O3S. The van der Waals surface area contributed by atoms with Gasteiger partial charge in [0.1, 0.15) is 10.6 Å². The van der Waals surface area contributed by atoms with Gasteiger partial charge in [-0.2, -0.15) is 0 Å². The third kappa shape index (κ3) is 2.62. The van der Waals surface area contributed by atoms with Gasteiger partial charge in [0.15, 0.2) is 0 Å². The van der Waals surface area contributed by atoms with E-state index in [0.29, 0.717) is 24.0 Å². The van der Waals surface area contributed by atoms with Gasteiger partial charge in [-0.15, -0.1) is 0 Å². The second kappa shape index (κ2) is 4.93. The van der Waals surface area contributed by atoms with E-state index in [0.717, 1.165) is 31.2 Å². The maximum absolute atomic E-state index is 12.6. The Balaban J connectivity index is 1.97. The largest absolute Gasteiger partial charge is 0.492 e. The van der Waals surface area contributed by atoms with Gasteiger partial charge >= 0.3 is 0 Å². The molecule has 110 valence electrons. The predicted molar refractivity (Wildman–Crippen MR) is 77.2 cm³/mol. The molecule has 3 rings (SSSR count). The molecule has 1 aromatic carbocycles. The number of fused-ring (bicyclic) bond motifs is 1. The number of nitrogen functional groups attached to an aromatic ring is 1. The summed E-state index contributed by atoms with van der Waals surface area (Å²) in [6.07, 6.45) is 3.88. The SMILES string of the molecule is CC(NS(=O)(=O)c1cc(N)cc2c1OCCC2)C1CC1. The third-order valence-corrected chi connectivity index (χ3v) is 5.51. The molecule has 0 aromatic heterocycles. The fourth-order valence-corrected chi connectivity index (χ4v) is 4.20. The summed E-state index contributed by atoms with van der Waals surface area (Å²) in [7, 11) is -3.58. The maximum atomic E-state index is 12.6. The van der Waals surface area contributed by atoms with Gasteiger partial charge in [-0.3, -0.25) is 0 Å². The van der Waals surface area contributed by atoms with Crippen molar-refractivity contribution < 1.29 is 13.2 Å². The van der Waals surface area contributed by atoms with Crippen LogP contribution in [-0.4, -0.2) is 21.1 Å². The van der Waals surface area contributed by atoms with Crippen LogP contribution in [-0.2, 0) is 16.4 Å². The summed E-state index contributed by atoms with van der Waals surface area (Å²) < 4.78 is 33.4. The number of ether oxygens (including phenoxy) is 1. The summed E-state index contributed by atoms with van der Waals surface area (Å²) >= 11 is 0. The van der Waals surface area contributed by atoms with Gasteiger partial charge in [0.05, 0.1) is 6.61 Å². The number of rotatable bonds is 4. The summed E-state index contributed by atoms with van der Waals surface area (Å²) in [5.74, 6) is 0.934. The van der Waals surface area contributed by atoms with Crippen LogP contribution in [0.3, 0.4) is 0 Å². The van der Waals surface area contributed by atoms with E-state index >= 15 is 0 Å². The summed E-state index contributed by atoms with van der Waals surface area (Å²) in [6.45, 7) is 2.46. The first kappa shape index (κ1) is 13.7. The highest BCUT2D eigenvalue weighted by Gasteiger charge is 2.33. The number of sulfonamides is 1. The lowest BCUT2D eigenvalue weighted by molar-refractivity contribution is 0.280. The van der Waals surface area contributed by atoms with E-state index in [-0.39, 0.29) is 10.9 Å². The minimum absolute atomic E-state index is 0.0410. The van der Waals surface area contributed by atoms with E-state index in [4.69, 9.17) is 10.5 Å². The molecule has 0 radical (unpaired) electrons. The van der Waals surface area contributed by atoms with Crippen molar-refractivity contribution in [3.63, 3.8) is 0 Å². The zero-order chi connectivity index (χ0) is 14.3. The van der Waals surface area contributed by atoms with E-state index in [1.165, 1.54) is 6.07 Å². The smallest absolute Gasteiger partial charge is 0.244 e. The minimum atomic E-state index is -3.58. The Kier molecular flexibility index (Phi) is 3.38. The maximum Gasteiger partial charge on any atom is 0.244 e. The number of hydrogen-bond acceptors (Lipinski definition) is 4. The average molecular weight is 296 g/mol. The summed E-state index contributed by atoms with van der Waals surface area (Å²) in [4.78, 5) is 0.180. The molecule has 1 aromatic rings. The van der Waals surface area contributed by atoms with E-state index < -0.39 is 10.0 Å². The normalized spacial score (nSPS) is 20.1. The van der Waals surface area contributed by atoms with Crippen LogP contribution in [0.1, 0.15) is 31.7 Å². The fourth-order valence-electron chi connectivity index (χ4n) is 2.67. The lowest BCUT2D eigenvalue weighted by atomic mass is 10.1. The van der Waals surface area contributed by atoms with Crippen LogP contribution < -0.4 is 15.2 Å². The van der Waals surface area contributed by atoms with Crippen LogP contribution in [0.2, 0.25) is 0 Å². The first-order chi connectivity index (χ1) is 9.47. The van der Waals surface area contributed by atoms with Crippen molar-refractivity contribution in [3.05, 3.63) is 17.7 Å². The highest BCUT2D eigenvalue weighted by Crippen LogP contribution is 2.36. The molecule has 5 nitrogen and oxygen atoms in total. The number of hydrogen-bond donors (Lipinski definition) is 2. The molecule has 6 heteroatoms. The van der Waals surface area contributed by atoms with Gasteiger partial charge in [0.2, 0.25) is 10.0 Å². The molecule has 3 N–H and O–H groups in total. The van der Waals surface area contributed by atoms with Crippen molar-refractivity contribution in [2.75, 3.05) is 12.3 Å². The Morgan fingerprint density at radius 2 is 2.15 bits per heavy atom. The van der Waals surface area contributed by atoms with Crippen molar-refractivity contribution in [3.8, 4) is 5.75 Å². The number of nitrogens with one attached hydrogen (secondary N) is 1. The molecule has 2 aliphatic rings. The van der Waals surface area contributed by atoms with Crippen LogP contribution in [0.25, 0.3) is 0 Å². The van der Waals surface area contributed by atoms with Crippen molar-refractivity contribution in [1.29, 1.82) is 0 Å². The van der Waals surface area contributed by atoms with Crippen molar-refractivity contribution >= 4 is 15.7 Å². The van der Waals surface area contributed by atoms with Crippen LogP contribution in [0.5, 0.6) is 5.75 Å². The highest BCUT2D eigenvalue weighted by molar-refractivity contribution is 7.89. The Labute approximate surface area is 119 Å². The number of anilines is 1. The van der Waals surface area contributed by atoms with E-state index in [1.54, 1.807) is 6.07 Å². The average Bonchev–Trinajstić information content (AvgIpc) is 3.21. The second-order valence-electron chi connectivity index (χ2n) is 5.71. The molecule has 1 atom stereocenters. The molecule has 0 bridgehead atoms. The molecule has 20 heavy (non-hydrogen) atoms. The van der Waals surface area contributed by atoms with Crippen LogP contribution in [0.4, 0.5) is 5.69 Å². The lowest BCUT2D eigenvalue weighted by Gasteiger charge is -2.22. The fraction of sp³-hybridized carbons (Fsp3) is 0.571. The number of benzene rings is 1. The zero-order valence-corrected chi connectivity index (χ0v) is 12.4. The highest BCUT2D eigenvalue weighted by atomic mass is 32.2. The topological polar surface area (TPSA) is 81.4 Å². The molecule has 0 spiro atoms. The lowest BCUT2D eigenvalue weighted by Crippen LogP contribution is -2.34. The first-order valence-corrected chi connectivity index (χ1v) is 8.53. The van der Waals surface area contributed by atoms with Crippen molar-refractivity contribution in [2.24, 2.45) is 5.92 Å². The second-order valence-corrected chi connectivity index (χ2v) is 7.39.